The van der Waals surface area contributed by atoms with Gasteiger partial charge < -0.3 is 19.7 Å². The van der Waals surface area contributed by atoms with Crippen molar-refractivity contribution in [3.8, 4) is 11.5 Å². The number of ether oxygens (including phenoxy) is 2. The van der Waals surface area contributed by atoms with Gasteiger partial charge in [-0.3, -0.25) is 4.79 Å². The van der Waals surface area contributed by atoms with Crippen LogP contribution in [0.25, 0.3) is 0 Å². The summed E-state index contributed by atoms with van der Waals surface area (Å²) < 4.78 is 11.6. The van der Waals surface area contributed by atoms with Crippen LogP contribution in [0.2, 0.25) is 0 Å². The Kier molecular flexibility index (Phi) is 5.58. The van der Waals surface area contributed by atoms with Gasteiger partial charge in [0.05, 0.1) is 12.7 Å². The summed E-state index contributed by atoms with van der Waals surface area (Å²) in [6, 6.07) is 6.51. The minimum atomic E-state index is -0.0364. The van der Waals surface area contributed by atoms with Crippen molar-refractivity contribution in [3.63, 3.8) is 0 Å². The summed E-state index contributed by atoms with van der Waals surface area (Å²) in [5, 5.41) is 3.06. The highest BCUT2D eigenvalue weighted by Gasteiger charge is 2.30. The Hall–Kier alpha value is -1.75. The molecule has 0 aromatic heterocycles. The Morgan fingerprint density at radius 1 is 1.19 bits per heavy atom. The third-order valence-electron chi connectivity index (χ3n) is 6.11. The second-order valence-electron chi connectivity index (χ2n) is 8.49. The summed E-state index contributed by atoms with van der Waals surface area (Å²) in [4.78, 5) is 15.2. The number of carbonyl (C=O) groups excluding carboxylic acids is 1. The number of hydrogen-bond donors (Lipinski definition) is 1. The molecule has 1 aliphatic heterocycles. The van der Waals surface area contributed by atoms with Gasteiger partial charge in [-0.25, -0.2) is 0 Å². The summed E-state index contributed by atoms with van der Waals surface area (Å²) in [6.45, 7) is 4.51. The third kappa shape index (κ3) is 4.95. The van der Waals surface area contributed by atoms with Crippen LogP contribution in [0, 0.1) is 5.92 Å². The van der Waals surface area contributed by atoms with Crippen LogP contribution in [0.4, 0.5) is 0 Å². The van der Waals surface area contributed by atoms with Crippen LogP contribution in [0.1, 0.15) is 62.2 Å². The number of rotatable bonds is 8. The van der Waals surface area contributed by atoms with Gasteiger partial charge in [0.2, 0.25) is 0 Å². The predicted molar refractivity (Wildman–Crippen MR) is 106 cm³/mol. The Balaban J connectivity index is 1.37. The lowest BCUT2D eigenvalue weighted by molar-refractivity contribution is 0.0741. The van der Waals surface area contributed by atoms with Gasteiger partial charge in [-0.2, -0.15) is 0 Å². The molecule has 2 saturated carbocycles. The summed E-state index contributed by atoms with van der Waals surface area (Å²) >= 11 is 0. The molecule has 1 saturated heterocycles. The molecule has 148 valence electrons. The standard InChI is InChI=1S/C22H32N2O3/c1-15(13-16-3-4-16)24-11-9-18(10-12-24)27-21-14-19(26-2)7-8-20(21)22(25)23-17-5-6-17/h7-8,14-18H,3-6,9-13H2,1-2H3,(H,23,25)/t15-/m1/s1. The molecule has 0 spiro atoms. The van der Waals surface area contributed by atoms with Crippen molar-refractivity contribution in [1.29, 1.82) is 0 Å². The molecule has 1 aromatic rings. The zero-order chi connectivity index (χ0) is 18.8. The third-order valence-corrected chi connectivity index (χ3v) is 6.11. The van der Waals surface area contributed by atoms with E-state index in [1.165, 1.54) is 19.3 Å². The van der Waals surface area contributed by atoms with E-state index in [-0.39, 0.29) is 12.0 Å². The molecule has 3 fully saturated rings. The first-order chi connectivity index (χ1) is 13.1. The van der Waals surface area contributed by atoms with Crippen LogP contribution >= 0.6 is 0 Å². The summed E-state index contributed by atoms with van der Waals surface area (Å²) in [7, 11) is 1.64. The molecule has 1 N–H and O–H groups in total. The van der Waals surface area contributed by atoms with Gasteiger partial charge in [0.15, 0.2) is 0 Å². The van der Waals surface area contributed by atoms with Crippen molar-refractivity contribution in [1.82, 2.24) is 10.2 Å². The van der Waals surface area contributed by atoms with Crippen LogP contribution in [-0.4, -0.2) is 49.2 Å². The molecule has 1 amide bonds. The molecular formula is C22H32N2O3. The number of carbonyl (C=O) groups is 1. The van der Waals surface area contributed by atoms with E-state index in [1.54, 1.807) is 7.11 Å². The number of amides is 1. The van der Waals surface area contributed by atoms with Crippen molar-refractivity contribution in [3.05, 3.63) is 23.8 Å². The predicted octanol–water partition coefficient (Wildman–Crippen LogP) is 3.62. The van der Waals surface area contributed by atoms with Crippen LogP contribution in [-0.2, 0) is 0 Å². The lowest BCUT2D eigenvalue weighted by atomic mass is 10.0. The maximum Gasteiger partial charge on any atom is 0.255 e. The fraction of sp³-hybridized carbons (Fsp3) is 0.682. The number of likely N-dealkylation sites (tertiary alicyclic amines) is 1. The topological polar surface area (TPSA) is 50.8 Å². The average Bonchev–Trinajstić information content (AvgIpc) is 3.59. The average molecular weight is 373 g/mol. The van der Waals surface area contributed by atoms with Crippen LogP contribution in [0.15, 0.2) is 18.2 Å². The number of piperidine rings is 1. The Bertz CT molecular complexity index is 662. The van der Waals surface area contributed by atoms with Crippen molar-refractivity contribution >= 4 is 5.91 Å². The Labute approximate surface area is 162 Å². The molecule has 3 aliphatic rings. The van der Waals surface area contributed by atoms with Crippen molar-refractivity contribution in [2.24, 2.45) is 5.92 Å². The second-order valence-corrected chi connectivity index (χ2v) is 8.49. The van der Waals surface area contributed by atoms with E-state index in [0.29, 0.717) is 23.4 Å². The summed E-state index contributed by atoms with van der Waals surface area (Å²) in [5.41, 5.74) is 0.618. The van der Waals surface area contributed by atoms with Crippen LogP contribution < -0.4 is 14.8 Å². The highest BCUT2D eigenvalue weighted by atomic mass is 16.5. The molecule has 2 aliphatic carbocycles. The maximum atomic E-state index is 12.6. The minimum absolute atomic E-state index is 0.0364. The first-order valence-corrected chi connectivity index (χ1v) is 10.5. The molecule has 0 bridgehead atoms. The molecule has 1 aromatic carbocycles. The van der Waals surface area contributed by atoms with E-state index < -0.39 is 0 Å². The Morgan fingerprint density at radius 3 is 2.56 bits per heavy atom. The van der Waals surface area contributed by atoms with Gasteiger partial charge in [-0.1, -0.05) is 12.8 Å². The van der Waals surface area contributed by atoms with E-state index in [2.05, 4.69) is 17.1 Å². The van der Waals surface area contributed by atoms with E-state index in [4.69, 9.17) is 9.47 Å². The molecule has 0 unspecified atom stereocenters. The molecule has 1 atom stereocenters. The SMILES string of the molecule is COc1ccc(C(=O)NC2CC2)c(OC2CCN([C@H](C)CC3CC3)CC2)c1. The smallest absolute Gasteiger partial charge is 0.255 e. The van der Waals surface area contributed by atoms with Crippen LogP contribution in [0.5, 0.6) is 11.5 Å². The zero-order valence-electron chi connectivity index (χ0n) is 16.6. The van der Waals surface area contributed by atoms with Gasteiger partial charge >= 0.3 is 0 Å². The zero-order valence-corrected chi connectivity index (χ0v) is 16.6. The molecular weight excluding hydrogens is 340 g/mol. The number of nitrogens with one attached hydrogen (secondary N) is 1. The second kappa shape index (κ2) is 8.09. The number of methoxy groups -OCH3 is 1. The fourth-order valence-electron chi connectivity index (χ4n) is 4.00. The van der Waals surface area contributed by atoms with E-state index in [9.17, 15) is 4.79 Å². The largest absolute Gasteiger partial charge is 0.497 e. The highest BCUT2D eigenvalue weighted by molar-refractivity contribution is 5.97. The lowest BCUT2D eigenvalue weighted by Gasteiger charge is -2.36. The molecule has 4 rings (SSSR count). The fourth-order valence-corrected chi connectivity index (χ4v) is 4.00. The first kappa shape index (κ1) is 18.6. The summed E-state index contributed by atoms with van der Waals surface area (Å²) in [5.74, 6) is 2.31. The van der Waals surface area contributed by atoms with Crippen molar-refractivity contribution in [2.45, 2.75) is 70.1 Å². The molecule has 5 heteroatoms. The van der Waals surface area contributed by atoms with Gasteiger partial charge in [0.25, 0.3) is 5.91 Å². The van der Waals surface area contributed by atoms with Crippen molar-refractivity contribution < 1.29 is 14.3 Å². The van der Waals surface area contributed by atoms with E-state index >= 15 is 0 Å². The van der Waals surface area contributed by atoms with Gasteiger partial charge in [0, 0.05) is 31.2 Å². The maximum absolute atomic E-state index is 12.6. The molecule has 27 heavy (non-hydrogen) atoms. The number of hydrogen-bond acceptors (Lipinski definition) is 4. The Morgan fingerprint density at radius 2 is 1.93 bits per heavy atom. The number of benzene rings is 1. The minimum Gasteiger partial charge on any atom is -0.497 e. The van der Waals surface area contributed by atoms with Crippen LogP contribution in [0.3, 0.4) is 0 Å². The lowest BCUT2D eigenvalue weighted by Crippen LogP contribution is -2.43. The molecule has 1 heterocycles. The quantitative estimate of drug-likeness (QED) is 0.757. The summed E-state index contributed by atoms with van der Waals surface area (Å²) in [6.07, 6.45) is 8.52. The molecule has 5 nitrogen and oxygen atoms in total. The first-order valence-electron chi connectivity index (χ1n) is 10.5. The van der Waals surface area contributed by atoms with Gasteiger partial charge in [-0.05, 0) is 57.1 Å². The van der Waals surface area contributed by atoms with Gasteiger partial charge in [-0.15, -0.1) is 0 Å². The van der Waals surface area contributed by atoms with E-state index in [0.717, 1.165) is 50.4 Å². The molecule has 0 radical (unpaired) electrons. The number of nitrogens with zero attached hydrogens (tertiary/aromatic N) is 1. The highest BCUT2D eigenvalue weighted by Crippen LogP contribution is 2.35. The monoisotopic (exact) mass is 372 g/mol. The van der Waals surface area contributed by atoms with E-state index in [1.807, 2.05) is 18.2 Å². The normalized spacial score (nSPS) is 22.3. The van der Waals surface area contributed by atoms with Crippen molar-refractivity contribution in [2.75, 3.05) is 20.2 Å². The van der Waals surface area contributed by atoms with Gasteiger partial charge in [0.1, 0.15) is 17.6 Å².